The van der Waals surface area contributed by atoms with Crippen LogP contribution in [-0.4, -0.2) is 61.1 Å². The van der Waals surface area contributed by atoms with Crippen LogP contribution in [-0.2, 0) is 18.6 Å². The Hall–Kier alpha value is -2.12. The van der Waals surface area contributed by atoms with Gasteiger partial charge in [0.1, 0.15) is 18.5 Å². The Morgan fingerprint density at radius 2 is 1.52 bits per heavy atom. The summed E-state index contributed by atoms with van der Waals surface area (Å²) in [4.78, 5) is 26.9. The van der Waals surface area contributed by atoms with Crippen molar-refractivity contribution in [2.24, 2.45) is 0 Å². The molecule has 1 unspecified atom stereocenters. The summed E-state index contributed by atoms with van der Waals surface area (Å²) in [6, 6.07) is 18.5. The molecule has 3 rings (SSSR count). The third-order valence-electron chi connectivity index (χ3n) is 4.95. The van der Waals surface area contributed by atoms with Gasteiger partial charge in [-0.3, -0.25) is 9.80 Å². The molecule has 1 heterocycles. The molecule has 29 heavy (non-hydrogen) atoms. The summed E-state index contributed by atoms with van der Waals surface area (Å²) >= 11 is 10.9. The van der Waals surface area contributed by atoms with Crippen LogP contribution in [0.15, 0.2) is 54.6 Å². The highest BCUT2D eigenvalue weighted by Crippen LogP contribution is 2.30. The van der Waals surface area contributed by atoms with E-state index < -0.39 is 11.9 Å². The van der Waals surface area contributed by atoms with E-state index in [1.807, 2.05) is 18.2 Å². The maximum atomic E-state index is 11.3. The van der Waals surface area contributed by atoms with Gasteiger partial charge in [-0.2, -0.15) is 0 Å². The molecule has 2 aromatic rings. The SMILES string of the molecule is O=C(OCl)C(=O)OCCN1CCN(C(c2ccccc2)c2ccc(Cl)cc2)CC1. The van der Waals surface area contributed by atoms with Crippen molar-refractivity contribution in [1.82, 2.24) is 9.80 Å². The Morgan fingerprint density at radius 3 is 2.14 bits per heavy atom. The van der Waals surface area contributed by atoms with E-state index in [-0.39, 0.29) is 12.6 Å². The van der Waals surface area contributed by atoms with Crippen LogP contribution in [0.3, 0.4) is 0 Å². The summed E-state index contributed by atoms with van der Waals surface area (Å²) in [5.41, 5.74) is 2.43. The molecule has 1 saturated heterocycles. The van der Waals surface area contributed by atoms with Crippen LogP contribution in [0.25, 0.3) is 0 Å². The van der Waals surface area contributed by atoms with Crippen LogP contribution in [0.2, 0.25) is 5.02 Å². The van der Waals surface area contributed by atoms with Gasteiger partial charge in [0, 0.05) is 37.7 Å². The van der Waals surface area contributed by atoms with E-state index in [0.717, 1.165) is 31.2 Å². The monoisotopic (exact) mass is 436 g/mol. The summed E-state index contributed by atoms with van der Waals surface area (Å²) in [6.45, 7) is 4.04. The molecule has 0 bridgehead atoms. The van der Waals surface area contributed by atoms with Gasteiger partial charge in [0.15, 0.2) is 0 Å². The number of hydrogen-bond donors (Lipinski definition) is 0. The second-order valence-electron chi connectivity index (χ2n) is 6.74. The summed E-state index contributed by atoms with van der Waals surface area (Å²) in [6.07, 6.45) is 0. The maximum absolute atomic E-state index is 11.3. The fraction of sp³-hybridized carbons (Fsp3) is 0.333. The van der Waals surface area contributed by atoms with Crippen LogP contribution in [0.4, 0.5) is 0 Å². The molecule has 0 amide bonds. The van der Waals surface area contributed by atoms with Gasteiger partial charge in [-0.15, -0.1) is 0 Å². The normalized spacial score (nSPS) is 16.2. The second-order valence-corrected chi connectivity index (χ2v) is 7.33. The summed E-state index contributed by atoms with van der Waals surface area (Å²) in [5.74, 6) is -2.28. The first-order valence-corrected chi connectivity index (χ1v) is 10.0. The van der Waals surface area contributed by atoms with Gasteiger partial charge in [-0.25, -0.2) is 9.59 Å². The molecule has 154 valence electrons. The maximum Gasteiger partial charge on any atom is 0.435 e. The van der Waals surface area contributed by atoms with Crippen molar-refractivity contribution in [2.75, 3.05) is 39.3 Å². The highest BCUT2D eigenvalue weighted by molar-refractivity contribution is 6.35. The quantitative estimate of drug-likeness (QED) is 0.511. The molecule has 2 aromatic carbocycles. The molecule has 1 atom stereocenters. The molecule has 8 heteroatoms. The first-order valence-electron chi connectivity index (χ1n) is 9.35. The average molecular weight is 437 g/mol. The minimum absolute atomic E-state index is 0.115. The van der Waals surface area contributed by atoms with Gasteiger partial charge in [-0.1, -0.05) is 54.1 Å². The Kier molecular flexibility index (Phi) is 7.89. The fourth-order valence-corrected chi connectivity index (χ4v) is 3.69. The molecule has 0 aliphatic carbocycles. The lowest BCUT2D eigenvalue weighted by atomic mass is 9.96. The second kappa shape index (κ2) is 10.6. The number of ether oxygens (including phenoxy) is 1. The van der Waals surface area contributed by atoms with Crippen molar-refractivity contribution < 1.29 is 18.6 Å². The highest BCUT2D eigenvalue weighted by atomic mass is 35.5. The number of esters is 1. The lowest BCUT2D eigenvalue weighted by Crippen LogP contribution is -2.48. The summed E-state index contributed by atoms with van der Waals surface area (Å²) in [7, 11) is 0. The molecule has 6 nitrogen and oxygen atoms in total. The Morgan fingerprint density at radius 1 is 0.897 bits per heavy atom. The number of carbonyl (C=O) groups is 2. The molecule has 0 spiro atoms. The van der Waals surface area contributed by atoms with E-state index in [1.54, 1.807) is 0 Å². The molecule has 0 aromatic heterocycles. The topological polar surface area (TPSA) is 59.1 Å². The summed E-state index contributed by atoms with van der Waals surface area (Å²) < 4.78 is 8.67. The third-order valence-corrected chi connectivity index (χ3v) is 5.34. The van der Waals surface area contributed by atoms with E-state index in [4.69, 9.17) is 28.2 Å². The standard InChI is InChI=1S/C21H22Cl2N2O4/c22-18-8-6-17(7-9-18)19(16-4-2-1-3-5-16)25-12-10-24(11-13-25)14-15-28-20(26)21(27)29-23/h1-9,19H,10-15H2. The van der Waals surface area contributed by atoms with Gasteiger partial charge in [0.05, 0.1) is 6.04 Å². The summed E-state index contributed by atoms with van der Waals surface area (Å²) in [5, 5.41) is 0.720. The van der Waals surface area contributed by atoms with Gasteiger partial charge in [0.2, 0.25) is 0 Å². The Balaban J connectivity index is 1.60. The molecule has 0 saturated carbocycles. The first kappa shape index (κ1) is 21.6. The number of nitrogens with zero attached hydrogens (tertiary/aromatic N) is 2. The van der Waals surface area contributed by atoms with Crippen molar-refractivity contribution in [3.05, 3.63) is 70.7 Å². The lowest BCUT2D eigenvalue weighted by Gasteiger charge is -2.39. The van der Waals surface area contributed by atoms with E-state index in [0.29, 0.717) is 6.54 Å². The molecular formula is C21H22Cl2N2O4. The molecule has 1 fully saturated rings. The third kappa shape index (κ3) is 5.93. The minimum atomic E-state index is -1.20. The molecule has 1 aliphatic heterocycles. The van der Waals surface area contributed by atoms with Crippen LogP contribution in [0.5, 0.6) is 0 Å². The first-order chi connectivity index (χ1) is 14.1. The zero-order chi connectivity index (χ0) is 20.6. The van der Waals surface area contributed by atoms with E-state index in [1.165, 1.54) is 11.1 Å². The van der Waals surface area contributed by atoms with E-state index in [2.05, 4.69) is 50.5 Å². The Labute approximate surface area is 180 Å². The number of rotatable bonds is 6. The number of hydrogen-bond acceptors (Lipinski definition) is 6. The Bertz CT molecular complexity index is 809. The molecule has 0 radical (unpaired) electrons. The number of piperazine rings is 1. The fourth-order valence-electron chi connectivity index (χ4n) is 3.50. The van der Waals surface area contributed by atoms with Gasteiger partial charge in [0.25, 0.3) is 0 Å². The zero-order valence-corrected chi connectivity index (χ0v) is 17.3. The average Bonchev–Trinajstić information content (AvgIpc) is 2.76. The number of halogens is 2. The van der Waals surface area contributed by atoms with Crippen LogP contribution in [0.1, 0.15) is 17.2 Å². The number of carbonyl (C=O) groups excluding carboxylic acids is 2. The van der Waals surface area contributed by atoms with E-state index >= 15 is 0 Å². The molecule has 1 aliphatic rings. The van der Waals surface area contributed by atoms with E-state index in [9.17, 15) is 9.59 Å². The van der Waals surface area contributed by atoms with Gasteiger partial charge in [-0.05, 0) is 23.3 Å². The number of benzene rings is 2. The van der Waals surface area contributed by atoms with Crippen LogP contribution in [0, 0.1) is 0 Å². The smallest absolute Gasteiger partial charge is 0.435 e. The van der Waals surface area contributed by atoms with Crippen LogP contribution >= 0.6 is 23.5 Å². The van der Waals surface area contributed by atoms with Crippen molar-refractivity contribution >= 4 is 35.4 Å². The van der Waals surface area contributed by atoms with Gasteiger partial charge < -0.3 is 9.03 Å². The molecule has 0 N–H and O–H groups in total. The van der Waals surface area contributed by atoms with Crippen molar-refractivity contribution in [1.29, 1.82) is 0 Å². The lowest BCUT2D eigenvalue weighted by molar-refractivity contribution is -0.162. The van der Waals surface area contributed by atoms with Crippen LogP contribution < -0.4 is 0 Å². The van der Waals surface area contributed by atoms with Crippen molar-refractivity contribution in [3.8, 4) is 0 Å². The van der Waals surface area contributed by atoms with Crippen molar-refractivity contribution in [3.63, 3.8) is 0 Å². The minimum Gasteiger partial charge on any atom is -0.456 e. The predicted molar refractivity (Wildman–Crippen MR) is 111 cm³/mol. The molecular weight excluding hydrogens is 415 g/mol. The highest BCUT2D eigenvalue weighted by Gasteiger charge is 2.26. The van der Waals surface area contributed by atoms with Crippen molar-refractivity contribution in [2.45, 2.75) is 6.04 Å². The van der Waals surface area contributed by atoms with Gasteiger partial charge >= 0.3 is 11.9 Å². The largest absolute Gasteiger partial charge is 0.456 e. The zero-order valence-electron chi connectivity index (χ0n) is 15.8. The predicted octanol–water partition coefficient (Wildman–Crippen LogP) is 3.29.